The van der Waals surface area contributed by atoms with Crippen molar-refractivity contribution in [3.63, 3.8) is 0 Å². The van der Waals surface area contributed by atoms with Crippen LogP contribution in [0.5, 0.6) is 0 Å². The lowest BCUT2D eigenvalue weighted by molar-refractivity contribution is 0.0826. The summed E-state index contributed by atoms with van der Waals surface area (Å²) in [4.78, 5) is 42.4. The number of aryl methyl sites for hydroxylation is 2. The number of urea groups is 1. The molecule has 0 aliphatic carbocycles. The van der Waals surface area contributed by atoms with Gasteiger partial charge in [-0.2, -0.15) is 0 Å². The molecule has 0 heterocycles. The number of carbonyl (C=O) groups excluding carboxylic acids is 3. The fraction of sp³-hybridized carbons (Fsp3) is 0.444. The molecule has 0 saturated carbocycles. The van der Waals surface area contributed by atoms with Crippen molar-refractivity contribution in [2.75, 3.05) is 53.6 Å². The third-order valence-corrected chi connectivity index (χ3v) is 5.77. The van der Waals surface area contributed by atoms with Gasteiger partial charge in [0.15, 0.2) is 0 Å². The van der Waals surface area contributed by atoms with Gasteiger partial charge in [-0.15, -0.1) is 0 Å². The predicted octanol–water partition coefficient (Wildman–Crippen LogP) is 3.74. The first-order valence-corrected chi connectivity index (χ1v) is 11.9. The van der Waals surface area contributed by atoms with E-state index in [2.05, 4.69) is 54.6 Å². The highest BCUT2D eigenvalue weighted by atomic mass is 16.2. The number of carbonyl (C=O) groups is 3. The number of rotatable bonds is 10. The first-order valence-electron chi connectivity index (χ1n) is 11.9. The summed E-state index contributed by atoms with van der Waals surface area (Å²) in [5.74, 6) is -0.487. The molecule has 8 heteroatoms. The van der Waals surface area contributed by atoms with Gasteiger partial charge in [0.1, 0.15) is 0 Å². The van der Waals surface area contributed by atoms with E-state index in [4.69, 9.17) is 0 Å². The Morgan fingerprint density at radius 3 is 1.91 bits per heavy atom. The molecule has 0 unspecified atom stereocenters. The first kappa shape index (κ1) is 27.9. The smallest absolute Gasteiger partial charge is 0.319 e. The Kier molecular flexibility index (Phi) is 10.3. The molecule has 0 saturated heterocycles. The molecular formula is C27H39N5O3. The van der Waals surface area contributed by atoms with Gasteiger partial charge in [0.2, 0.25) is 0 Å². The molecule has 35 heavy (non-hydrogen) atoms. The number of benzene rings is 2. The number of nitrogens with one attached hydrogen (secondary N) is 2. The SMILES string of the molecule is Cc1ccc(CN(C)CCCCNC(=O)Nc2cc(C(=O)N(C)C)cc(C(=O)N(C)C)c2)cc1C. The second-order valence-corrected chi connectivity index (χ2v) is 9.44. The van der Waals surface area contributed by atoms with Crippen molar-refractivity contribution in [1.82, 2.24) is 20.0 Å². The molecule has 2 rings (SSSR count). The zero-order valence-electron chi connectivity index (χ0n) is 22.1. The first-order chi connectivity index (χ1) is 16.5. The lowest BCUT2D eigenvalue weighted by atomic mass is 10.1. The van der Waals surface area contributed by atoms with Gasteiger partial charge in [0.05, 0.1) is 0 Å². The lowest BCUT2D eigenvalue weighted by Crippen LogP contribution is -2.30. The molecule has 8 nitrogen and oxygen atoms in total. The molecule has 0 aromatic heterocycles. The Morgan fingerprint density at radius 1 is 0.771 bits per heavy atom. The Balaban J connectivity index is 1.85. The third kappa shape index (κ3) is 8.72. The number of hydrogen-bond acceptors (Lipinski definition) is 4. The molecule has 0 aliphatic rings. The van der Waals surface area contributed by atoms with Gasteiger partial charge in [-0.1, -0.05) is 18.2 Å². The Labute approximate surface area is 209 Å². The van der Waals surface area contributed by atoms with E-state index in [0.29, 0.717) is 23.4 Å². The quantitative estimate of drug-likeness (QED) is 0.507. The normalized spacial score (nSPS) is 10.7. The van der Waals surface area contributed by atoms with Crippen LogP contribution < -0.4 is 10.6 Å². The zero-order valence-corrected chi connectivity index (χ0v) is 22.1. The molecule has 0 atom stereocenters. The van der Waals surface area contributed by atoms with Crippen LogP contribution in [0.15, 0.2) is 36.4 Å². The molecule has 0 spiro atoms. The Morgan fingerprint density at radius 2 is 1.37 bits per heavy atom. The average molecular weight is 482 g/mol. The molecular weight excluding hydrogens is 442 g/mol. The second kappa shape index (κ2) is 12.9. The van der Waals surface area contributed by atoms with Crippen LogP contribution in [0.4, 0.5) is 10.5 Å². The summed E-state index contributed by atoms with van der Waals surface area (Å²) in [7, 11) is 8.66. The lowest BCUT2D eigenvalue weighted by Gasteiger charge is -2.17. The largest absolute Gasteiger partial charge is 0.345 e. The summed E-state index contributed by atoms with van der Waals surface area (Å²) in [6, 6.07) is 10.9. The minimum Gasteiger partial charge on any atom is -0.345 e. The van der Waals surface area contributed by atoms with Crippen LogP contribution in [-0.4, -0.2) is 80.9 Å². The van der Waals surface area contributed by atoms with Crippen molar-refractivity contribution in [1.29, 1.82) is 0 Å². The van der Waals surface area contributed by atoms with Crippen LogP contribution in [-0.2, 0) is 6.54 Å². The van der Waals surface area contributed by atoms with Crippen LogP contribution in [0.2, 0.25) is 0 Å². The predicted molar refractivity (Wildman–Crippen MR) is 141 cm³/mol. The molecule has 0 fully saturated rings. The summed E-state index contributed by atoms with van der Waals surface area (Å²) < 4.78 is 0. The van der Waals surface area contributed by atoms with E-state index in [9.17, 15) is 14.4 Å². The maximum atomic E-state index is 12.4. The van der Waals surface area contributed by atoms with Crippen LogP contribution in [0.25, 0.3) is 0 Å². The van der Waals surface area contributed by atoms with E-state index in [1.807, 2.05) is 0 Å². The summed E-state index contributed by atoms with van der Waals surface area (Å²) in [6.45, 7) is 6.61. The monoisotopic (exact) mass is 481 g/mol. The molecule has 190 valence electrons. The van der Waals surface area contributed by atoms with Gasteiger partial charge in [-0.3, -0.25) is 9.59 Å². The highest BCUT2D eigenvalue weighted by Gasteiger charge is 2.16. The van der Waals surface area contributed by atoms with Crippen LogP contribution in [0, 0.1) is 13.8 Å². The average Bonchev–Trinajstić information content (AvgIpc) is 2.79. The number of hydrogen-bond donors (Lipinski definition) is 2. The van der Waals surface area contributed by atoms with Gasteiger partial charge >= 0.3 is 6.03 Å². The Bertz CT molecular complexity index is 1010. The van der Waals surface area contributed by atoms with Gasteiger partial charge in [-0.25, -0.2) is 4.79 Å². The number of unbranched alkanes of at least 4 members (excludes halogenated alkanes) is 1. The van der Waals surface area contributed by atoms with Gasteiger partial charge in [-0.05, 0) is 75.2 Å². The van der Waals surface area contributed by atoms with Crippen LogP contribution in [0.1, 0.15) is 50.2 Å². The molecule has 2 N–H and O–H groups in total. The topological polar surface area (TPSA) is 85.0 Å². The van der Waals surface area contributed by atoms with Crippen molar-refractivity contribution < 1.29 is 14.4 Å². The van der Waals surface area contributed by atoms with Crippen molar-refractivity contribution in [3.05, 3.63) is 64.2 Å². The zero-order chi connectivity index (χ0) is 26.1. The molecule has 0 bridgehead atoms. The van der Waals surface area contributed by atoms with E-state index in [1.54, 1.807) is 46.4 Å². The van der Waals surface area contributed by atoms with Gasteiger partial charge in [0.25, 0.3) is 11.8 Å². The van der Waals surface area contributed by atoms with Crippen LogP contribution >= 0.6 is 0 Å². The minimum atomic E-state index is -0.369. The second-order valence-electron chi connectivity index (χ2n) is 9.44. The third-order valence-electron chi connectivity index (χ3n) is 5.77. The highest BCUT2D eigenvalue weighted by molar-refractivity contribution is 6.02. The summed E-state index contributed by atoms with van der Waals surface area (Å²) in [6.07, 6.45) is 1.80. The number of anilines is 1. The molecule has 4 amide bonds. The molecule has 2 aromatic rings. The van der Waals surface area contributed by atoms with Crippen molar-refractivity contribution in [3.8, 4) is 0 Å². The molecule has 0 radical (unpaired) electrons. The van der Waals surface area contributed by atoms with Crippen molar-refractivity contribution >= 4 is 23.5 Å². The molecule has 0 aliphatic heterocycles. The molecule has 2 aromatic carbocycles. The Hall–Kier alpha value is -3.39. The fourth-order valence-corrected chi connectivity index (χ4v) is 3.64. The van der Waals surface area contributed by atoms with Gasteiger partial charge in [0, 0.05) is 58.1 Å². The summed E-state index contributed by atoms with van der Waals surface area (Å²) >= 11 is 0. The van der Waals surface area contributed by atoms with Crippen LogP contribution in [0.3, 0.4) is 0 Å². The standard InChI is InChI=1S/C27H39N5O3/c1-19-10-11-21(14-20(19)2)18-32(7)13-9-8-12-28-27(35)29-24-16-22(25(33)30(3)4)15-23(17-24)26(34)31(5)6/h10-11,14-17H,8-9,12-13,18H2,1-7H3,(H2,28,29,35). The van der Waals surface area contributed by atoms with Crippen molar-refractivity contribution in [2.45, 2.75) is 33.2 Å². The fourth-order valence-electron chi connectivity index (χ4n) is 3.64. The van der Waals surface area contributed by atoms with E-state index in [1.165, 1.54) is 26.5 Å². The van der Waals surface area contributed by atoms with Crippen molar-refractivity contribution in [2.24, 2.45) is 0 Å². The van der Waals surface area contributed by atoms with E-state index < -0.39 is 0 Å². The number of amides is 4. The minimum absolute atomic E-state index is 0.244. The van der Waals surface area contributed by atoms with E-state index in [-0.39, 0.29) is 17.8 Å². The maximum Gasteiger partial charge on any atom is 0.319 e. The van der Waals surface area contributed by atoms with Gasteiger partial charge < -0.3 is 25.3 Å². The van der Waals surface area contributed by atoms with E-state index >= 15 is 0 Å². The number of nitrogens with zero attached hydrogens (tertiary/aromatic N) is 3. The maximum absolute atomic E-state index is 12.4. The van der Waals surface area contributed by atoms with E-state index in [0.717, 1.165) is 25.9 Å². The summed E-state index contributed by atoms with van der Waals surface area (Å²) in [5.41, 5.74) is 4.98. The highest BCUT2D eigenvalue weighted by Crippen LogP contribution is 2.18. The summed E-state index contributed by atoms with van der Waals surface area (Å²) in [5, 5.41) is 5.60.